The van der Waals surface area contributed by atoms with E-state index in [4.69, 9.17) is 21.1 Å². The molecular formula is C15H18ClN3O2S. The Kier molecular flexibility index (Phi) is 5.23. The summed E-state index contributed by atoms with van der Waals surface area (Å²) in [6.45, 7) is 3.18. The number of aromatic amines is 1. The van der Waals surface area contributed by atoms with Crippen LogP contribution >= 0.6 is 23.4 Å². The van der Waals surface area contributed by atoms with E-state index in [1.54, 1.807) is 11.8 Å². The number of hydrogen-bond donors (Lipinski definition) is 1. The molecular weight excluding hydrogens is 322 g/mol. The van der Waals surface area contributed by atoms with Crippen molar-refractivity contribution >= 4 is 23.4 Å². The lowest BCUT2D eigenvalue weighted by atomic mass is 10.2. The minimum atomic E-state index is 0.334. The molecule has 1 aromatic heterocycles. The lowest BCUT2D eigenvalue weighted by Gasteiger charge is -2.06. The fraction of sp³-hybridized carbons (Fsp3) is 0.467. The van der Waals surface area contributed by atoms with E-state index in [1.807, 2.05) is 25.1 Å². The van der Waals surface area contributed by atoms with Crippen molar-refractivity contribution in [3.05, 3.63) is 34.6 Å². The maximum atomic E-state index is 5.99. The van der Waals surface area contributed by atoms with Gasteiger partial charge in [-0.3, -0.25) is 5.10 Å². The first-order valence-corrected chi connectivity index (χ1v) is 8.62. The quantitative estimate of drug-likeness (QED) is 0.814. The van der Waals surface area contributed by atoms with E-state index in [-0.39, 0.29) is 0 Å². The molecule has 0 bridgehead atoms. The van der Waals surface area contributed by atoms with Gasteiger partial charge in [0.1, 0.15) is 12.4 Å². The van der Waals surface area contributed by atoms with Gasteiger partial charge in [0, 0.05) is 17.4 Å². The Morgan fingerprint density at radius 1 is 1.50 bits per heavy atom. The van der Waals surface area contributed by atoms with Gasteiger partial charge in [-0.25, -0.2) is 4.98 Å². The largest absolute Gasteiger partial charge is 0.486 e. The SMILES string of the molecule is Cc1cc(OCc2nc(SC[C@@H]3CCCO3)n[nH]2)ccc1Cl. The smallest absolute Gasteiger partial charge is 0.208 e. The van der Waals surface area contributed by atoms with Crippen molar-refractivity contribution in [3.8, 4) is 5.75 Å². The number of rotatable bonds is 6. The highest BCUT2D eigenvalue weighted by Gasteiger charge is 2.16. The molecule has 1 atom stereocenters. The van der Waals surface area contributed by atoms with Crippen molar-refractivity contribution in [3.63, 3.8) is 0 Å². The zero-order valence-electron chi connectivity index (χ0n) is 12.3. The van der Waals surface area contributed by atoms with Gasteiger partial charge in [0.05, 0.1) is 6.10 Å². The van der Waals surface area contributed by atoms with Crippen molar-refractivity contribution in [2.45, 2.75) is 37.6 Å². The highest BCUT2D eigenvalue weighted by Crippen LogP contribution is 2.23. The minimum Gasteiger partial charge on any atom is -0.486 e. The maximum absolute atomic E-state index is 5.99. The van der Waals surface area contributed by atoms with Crippen LogP contribution in [0.1, 0.15) is 24.2 Å². The van der Waals surface area contributed by atoms with Crippen LogP contribution in [0, 0.1) is 6.92 Å². The van der Waals surface area contributed by atoms with Gasteiger partial charge in [-0.05, 0) is 43.5 Å². The Balaban J connectivity index is 1.49. The van der Waals surface area contributed by atoms with Crippen LogP contribution in [0.25, 0.3) is 0 Å². The first-order chi connectivity index (χ1) is 10.7. The molecule has 118 valence electrons. The van der Waals surface area contributed by atoms with Gasteiger partial charge in [-0.1, -0.05) is 23.4 Å². The number of ether oxygens (including phenoxy) is 2. The Bertz CT molecular complexity index is 629. The van der Waals surface area contributed by atoms with Crippen LogP contribution < -0.4 is 4.74 Å². The number of hydrogen-bond acceptors (Lipinski definition) is 5. The molecule has 1 fully saturated rings. The second kappa shape index (κ2) is 7.35. The third-order valence-electron chi connectivity index (χ3n) is 3.44. The minimum absolute atomic E-state index is 0.334. The van der Waals surface area contributed by atoms with Gasteiger partial charge >= 0.3 is 0 Å². The molecule has 0 radical (unpaired) electrons. The van der Waals surface area contributed by atoms with Gasteiger partial charge in [0.25, 0.3) is 0 Å². The highest BCUT2D eigenvalue weighted by atomic mass is 35.5. The first-order valence-electron chi connectivity index (χ1n) is 7.25. The van der Waals surface area contributed by atoms with E-state index in [9.17, 15) is 0 Å². The molecule has 5 nitrogen and oxygen atoms in total. The predicted molar refractivity (Wildman–Crippen MR) is 86.6 cm³/mol. The summed E-state index contributed by atoms with van der Waals surface area (Å²) in [5.41, 5.74) is 0.990. The number of aromatic nitrogens is 3. The summed E-state index contributed by atoms with van der Waals surface area (Å²) < 4.78 is 11.3. The van der Waals surface area contributed by atoms with E-state index >= 15 is 0 Å². The highest BCUT2D eigenvalue weighted by molar-refractivity contribution is 7.99. The molecule has 1 saturated heterocycles. The molecule has 7 heteroatoms. The Morgan fingerprint density at radius 3 is 3.18 bits per heavy atom. The molecule has 1 aliphatic rings. The van der Waals surface area contributed by atoms with Gasteiger partial charge in [-0.15, -0.1) is 5.10 Å². The van der Waals surface area contributed by atoms with Crippen LogP contribution in [0.15, 0.2) is 23.4 Å². The van der Waals surface area contributed by atoms with E-state index in [0.29, 0.717) is 18.5 Å². The number of thioether (sulfide) groups is 1. The number of aryl methyl sites for hydroxylation is 1. The fourth-order valence-electron chi connectivity index (χ4n) is 2.21. The number of nitrogens with one attached hydrogen (secondary N) is 1. The summed E-state index contributed by atoms with van der Waals surface area (Å²) in [5, 5.41) is 8.57. The molecule has 0 spiro atoms. The average molecular weight is 340 g/mol. The third kappa shape index (κ3) is 4.15. The Hall–Kier alpha value is -1.24. The van der Waals surface area contributed by atoms with Gasteiger partial charge in [-0.2, -0.15) is 0 Å². The van der Waals surface area contributed by atoms with Gasteiger partial charge < -0.3 is 9.47 Å². The maximum Gasteiger partial charge on any atom is 0.208 e. The van der Waals surface area contributed by atoms with Crippen molar-refractivity contribution in [2.75, 3.05) is 12.4 Å². The molecule has 2 heterocycles. The lowest BCUT2D eigenvalue weighted by Crippen LogP contribution is -2.07. The summed E-state index contributed by atoms with van der Waals surface area (Å²) in [4.78, 5) is 4.42. The van der Waals surface area contributed by atoms with Gasteiger partial charge in [0.15, 0.2) is 5.82 Å². The first kappa shape index (κ1) is 15.6. The summed E-state index contributed by atoms with van der Waals surface area (Å²) in [7, 11) is 0. The van der Waals surface area contributed by atoms with Gasteiger partial charge in [0.2, 0.25) is 5.16 Å². The molecule has 1 aliphatic heterocycles. The number of halogens is 1. The standard InChI is InChI=1S/C15H18ClN3O2S/c1-10-7-11(4-5-13(10)16)21-8-14-17-15(19-18-14)22-9-12-3-2-6-20-12/h4-5,7,12H,2-3,6,8-9H2,1H3,(H,17,18,19)/t12-/m0/s1. The molecule has 0 saturated carbocycles. The van der Waals surface area contributed by atoms with Crippen molar-refractivity contribution in [1.82, 2.24) is 15.2 Å². The third-order valence-corrected chi connectivity index (χ3v) is 4.84. The van der Waals surface area contributed by atoms with E-state index in [2.05, 4.69) is 15.2 Å². The summed E-state index contributed by atoms with van der Waals surface area (Å²) >= 11 is 7.61. The Labute approximate surface area is 138 Å². The molecule has 22 heavy (non-hydrogen) atoms. The zero-order chi connectivity index (χ0) is 15.4. The van der Waals surface area contributed by atoms with E-state index in [0.717, 1.165) is 46.7 Å². The van der Waals surface area contributed by atoms with Crippen LogP contribution in [-0.2, 0) is 11.3 Å². The second-order valence-corrected chi connectivity index (χ2v) is 6.60. The van der Waals surface area contributed by atoms with Crippen LogP contribution in [0.5, 0.6) is 5.75 Å². The summed E-state index contributed by atoms with van der Waals surface area (Å²) in [5.74, 6) is 2.38. The van der Waals surface area contributed by atoms with E-state index < -0.39 is 0 Å². The summed E-state index contributed by atoms with van der Waals surface area (Å²) in [6.07, 6.45) is 2.61. The summed E-state index contributed by atoms with van der Waals surface area (Å²) in [6, 6.07) is 5.58. The molecule has 1 N–H and O–H groups in total. The lowest BCUT2D eigenvalue weighted by molar-refractivity contribution is 0.129. The van der Waals surface area contributed by atoms with Crippen molar-refractivity contribution in [2.24, 2.45) is 0 Å². The average Bonchev–Trinajstić information content (AvgIpc) is 3.17. The van der Waals surface area contributed by atoms with Crippen LogP contribution in [-0.4, -0.2) is 33.6 Å². The Morgan fingerprint density at radius 2 is 2.41 bits per heavy atom. The van der Waals surface area contributed by atoms with Crippen LogP contribution in [0.4, 0.5) is 0 Å². The predicted octanol–water partition coefficient (Wildman–Crippen LogP) is 3.62. The van der Waals surface area contributed by atoms with Crippen LogP contribution in [0.2, 0.25) is 5.02 Å². The van der Waals surface area contributed by atoms with E-state index in [1.165, 1.54) is 0 Å². The molecule has 0 unspecified atom stereocenters. The van der Waals surface area contributed by atoms with Crippen molar-refractivity contribution in [1.29, 1.82) is 0 Å². The molecule has 0 aliphatic carbocycles. The zero-order valence-corrected chi connectivity index (χ0v) is 13.9. The molecule has 3 rings (SSSR count). The number of benzene rings is 1. The fourth-order valence-corrected chi connectivity index (χ4v) is 3.21. The molecule has 1 aromatic carbocycles. The molecule has 0 amide bonds. The monoisotopic (exact) mass is 339 g/mol. The molecule has 2 aromatic rings. The topological polar surface area (TPSA) is 60.0 Å². The second-order valence-electron chi connectivity index (χ2n) is 5.21. The van der Waals surface area contributed by atoms with Crippen LogP contribution in [0.3, 0.4) is 0 Å². The normalized spacial score (nSPS) is 17.8. The van der Waals surface area contributed by atoms with Crippen molar-refractivity contribution < 1.29 is 9.47 Å². The number of H-pyrrole nitrogens is 1. The number of nitrogens with zero attached hydrogens (tertiary/aromatic N) is 2.